The van der Waals surface area contributed by atoms with E-state index in [1.165, 1.54) is 0 Å². The van der Waals surface area contributed by atoms with E-state index in [2.05, 4.69) is 0 Å². The largest absolute Gasteiger partial charge is 0.509 e. The highest BCUT2D eigenvalue weighted by Gasteiger charge is 2.47. The van der Waals surface area contributed by atoms with Crippen LogP contribution in [0.1, 0.15) is 36.2 Å². The van der Waals surface area contributed by atoms with Gasteiger partial charge in [-0.15, -0.1) is 0 Å². The second-order valence-corrected chi connectivity index (χ2v) is 8.07. The van der Waals surface area contributed by atoms with Gasteiger partial charge >= 0.3 is 6.16 Å². The van der Waals surface area contributed by atoms with E-state index in [1.807, 2.05) is 48.5 Å². The molecule has 0 radical (unpaired) electrons. The molecule has 0 saturated carbocycles. The van der Waals surface area contributed by atoms with Crippen LogP contribution in [0.15, 0.2) is 48.5 Å². The van der Waals surface area contributed by atoms with Gasteiger partial charge in [0.2, 0.25) is 0 Å². The Bertz CT molecular complexity index is 935. The first-order chi connectivity index (χ1) is 16.6. The molecule has 0 amide bonds. The highest BCUT2D eigenvalue weighted by molar-refractivity contribution is 5.63. The van der Waals surface area contributed by atoms with Crippen molar-refractivity contribution in [3.05, 3.63) is 59.7 Å². The topological polar surface area (TPSA) is 90.9 Å². The highest BCUT2D eigenvalue weighted by atomic mass is 16.8. The fourth-order valence-corrected chi connectivity index (χ4v) is 4.31. The van der Waals surface area contributed by atoms with Crippen LogP contribution in [0.4, 0.5) is 4.79 Å². The summed E-state index contributed by atoms with van der Waals surface area (Å²) in [6.07, 6.45) is -1.72. The molecule has 184 valence electrons. The number of hydrogen-bond acceptors (Lipinski definition) is 9. The summed E-state index contributed by atoms with van der Waals surface area (Å²) in [6, 6.07) is 15.1. The summed E-state index contributed by atoms with van der Waals surface area (Å²) in [5, 5.41) is 0. The predicted molar refractivity (Wildman–Crippen MR) is 120 cm³/mol. The normalized spacial score (nSPS) is 26.6. The number of ether oxygens (including phenoxy) is 8. The zero-order valence-corrected chi connectivity index (χ0v) is 19.5. The molecule has 0 bridgehead atoms. The third-order valence-corrected chi connectivity index (χ3v) is 5.87. The van der Waals surface area contributed by atoms with Gasteiger partial charge in [0.15, 0.2) is 30.5 Å². The van der Waals surface area contributed by atoms with Crippen LogP contribution in [0.5, 0.6) is 11.5 Å². The van der Waals surface area contributed by atoms with Gasteiger partial charge in [0.25, 0.3) is 0 Å². The lowest BCUT2D eigenvalue weighted by atomic mass is 9.90. The molecule has 2 aromatic rings. The number of hydrogen-bond donors (Lipinski definition) is 0. The molecule has 0 spiro atoms. The lowest BCUT2D eigenvalue weighted by Crippen LogP contribution is -2.42. The van der Waals surface area contributed by atoms with Gasteiger partial charge < -0.3 is 37.9 Å². The number of benzene rings is 2. The van der Waals surface area contributed by atoms with Crippen LogP contribution < -0.4 is 9.47 Å². The fourth-order valence-electron chi connectivity index (χ4n) is 4.31. The number of carbonyl (C=O) groups is 1. The van der Waals surface area contributed by atoms with Crippen molar-refractivity contribution in [2.24, 2.45) is 0 Å². The molecule has 0 aliphatic carbocycles. The first-order valence-electron chi connectivity index (χ1n) is 11.1. The van der Waals surface area contributed by atoms with Crippen molar-refractivity contribution in [3.63, 3.8) is 0 Å². The number of rotatable bonds is 10. The summed E-state index contributed by atoms with van der Waals surface area (Å²) in [5.41, 5.74) is 1.73. The molecule has 9 nitrogen and oxygen atoms in total. The molecule has 2 aliphatic heterocycles. The van der Waals surface area contributed by atoms with Crippen molar-refractivity contribution in [2.45, 2.75) is 43.4 Å². The molecule has 0 N–H and O–H groups in total. The molecule has 9 heteroatoms. The summed E-state index contributed by atoms with van der Waals surface area (Å²) >= 11 is 0. The van der Waals surface area contributed by atoms with E-state index in [9.17, 15) is 4.79 Å². The first-order valence-corrected chi connectivity index (χ1v) is 11.1. The molecule has 34 heavy (non-hydrogen) atoms. The van der Waals surface area contributed by atoms with Crippen molar-refractivity contribution in [1.82, 2.24) is 0 Å². The van der Waals surface area contributed by atoms with Crippen LogP contribution in [-0.2, 0) is 28.4 Å². The number of methoxy groups -OCH3 is 3. The second-order valence-electron chi connectivity index (χ2n) is 8.07. The summed E-state index contributed by atoms with van der Waals surface area (Å²) < 4.78 is 44.7. The Morgan fingerprint density at radius 1 is 0.882 bits per heavy atom. The monoisotopic (exact) mass is 474 g/mol. The third-order valence-electron chi connectivity index (χ3n) is 5.87. The van der Waals surface area contributed by atoms with Gasteiger partial charge in [-0.3, -0.25) is 0 Å². The molecule has 5 atom stereocenters. The van der Waals surface area contributed by atoms with E-state index in [1.54, 1.807) is 21.3 Å². The quantitative estimate of drug-likeness (QED) is 0.372. The van der Waals surface area contributed by atoms with Gasteiger partial charge in [0, 0.05) is 27.1 Å². The highest BCUT2D eigenvalue weighted by Crippen LogP contribution is 2.42. The molecule has 2 aromatic carbocycles. The lowest BCUT2D eigenvalue weighted by molar-refractivity contribution is -0.173. The van der Waals surface area contributed by atoms with Gasteiger partial charge in [-0.25, -0.2) is 4.79 Å². The van der Waals surface area contributed by atoms with E-state index in [0.717, 1.165) is 11.1 Å². The number of carbonyl (C=O) groups excluding carboxylic acids is 1. The van der Waals surface area contributed by atoms with Crippen LogP contribution in [0, 0.1) is 0 Å². The van der Waals surface area contributed by atoms with Gasteiger partial charge in [-0.2, -0.15) is 0 Å². The maximum atomic E-state index is 12.1. The second kappa shape index (κ2) is 11.5. The van der Waals surface area contributed by atoms with Crippen molar-refractivity contribution < 1.29 is 42.7 Å². The van der Waals surface area contributed by atoms with E-state index in [4.69, 9.17) is 37.9 Å². The average molecular weight is 475 g/mol. The molecule has 0 aromatic heterocycles. The van der Waals surface area contributed by atoms with E-state index < -0.39 is 24.5 Å². The van der Waals surface area contributed by atoms with Crippen LogP contribution >= 0.6 is 0 Å². The Morgan fingerprint density at radius 3 is 2.41 bits per heavy atom. The smallest absolute Gasteiger partial charge is 0.493 e. The van der Waals surface area contributed by atoms with Crippen LogP contribution in [0.2, 0.25) is 0 Å². The molecule has 2 heterocycles. The Morgan fingerprint density at radius 2 is 1.68 bits per heavy atom. The van der Waals surface area contributed by atoms with E-state index >= 15 is 0 Å². The van der Waals surface area contributed by atoms with Crippen molar-refractivity contribution >= 4 is 6.16 Å². The zero-order chi connectivity index (χ0) is 23.9. The molecule has 2 aliphatic rings. The van der Waals surface area contributed by atoms with Gasteiger partial charge in [0.05, 0.1) is 19.3 Å². The maximum absolute atomic E-state index is 12.1. The molecular weight excluding hydrogens is 444 g/mol. The van der Waals surface area contributed by atoms with Crippen LogP contribution in [-0.4, -0.2) is 59.4 Å². The van der Waals surface area contributed by atoms with E-state index in [-0.39, 0.29) is 25.8 Å². The first kappa shape index (κ1) is 24.3. The molecule has 4 rings (SSSR count). The molecule has 2 saturated heterocycles. The Kier molecular flexibility index (Phi) is 8.23. The lowest BCUT2D eigenvalue weighted by Gasteiger charge is -2.38. The predicted octanol–water partition coefficient (Wildman–Crippen LogP) is 4.16. The third kappa shape index (κ3) is 5.61. The SMILES string of the molecule is COCOc1ccc([C@H]2C[C@H](OCOC)C[C@@H]([C@H]3OC(=O)O[C@@H]3c3ccccc3)O2)cc1OC. The van der Waals surface area contributed by atoms with Crippen molar-refractivity contribution in [1.29, 1.82) is 0 Å². The Hall–Kier alpha value is -2.85. The number of cyclic esters (lactones) is 2. The molecular formula is C25H30O9. The summed E-state index contributed by atoms with van der Waals surface area (Å²) in [4.78, 5) is 12.1. The maximum Gasteiger partial charge on any atom is 0.509 e. The van der Waals surface area contributed by atoms with Gasteiger partial charge in [-0.1, -0.05) is 36.4 Å². The standard InChI is InChI=1S/C25H30O9/c1-27-14-30-18-12-20(17-9-10-19(31-15-28-2)21(11-17)29-3)32-22(13-18)24-23(33-25(26)34-24)16-7-5-4-6-8-16/h4-11,18,20,22-24H,12-15H2,1-3H3/t18-,20+,22-,23+,24+/m0/s1. The van der Waals surface area contributed by atoms with Crippen LogP contribution in [0.3, 0.4) is 0 Å². The summed E-state index contributed by atoms with van der Waals surface area (Å²) in [6.45, 7) is 0.263. The van der Waals surface area contributed by atoms with Gasteiger partial charge in [-0.05, 0) is 23.3 Å². The zero-order valence-electron chi connectivity index (χ0n) is 19.5. The van der Waals surface area contributed by atoms with Crippen molar-refractivity contribution in [3.8, 4) is 11.5 Å². The fraction of sp³-hybridized carbons (Fsp3) is 0.480. The summed E-state index contributed by atoms with van der Waals surface area (Å²) in [7, 11) is 4.71. The molecule has 2 fully saturated rings. The minimum atomic E-state index is -0.708. The van der Waals surface area contributed by atoms with E-state index in [0.29, 0.717) is 24.3 Å². The van der Waals surface area contributed by atoms with Crippen molar-refractivity contribution in [2.75, 3.05) is 34.9 Å². The minimum absolute atomic E-state index is 0.110. The van der Waals surface area contributed by atoms with Gasteiger partial charge in [0.1, 0.15) is 12.9 Å². The summed E-state index contributed by atoms with van der Waals surface area (Å²) in [5.74, 6) is 1.13. The Labute approximate surface area is 198 Å². The Balaban J connectivity index is 1.58. The van der Waals surface area contributed by atoms with Crippen LogP contribution in [0.25, 0.3) is 0 Å². The average Bonchev–Trinajstić information content (AvgIpc) is 3.28. The molecule has 0 unspecified atom stereocenters. The minimum Gasteiger partial charge on any atom is -0.493 e.